The maximum absolute atomic E-state index is 6.03. The summed E-state index contributed by atoms with van der Waals surface area (Å²) in [5.74, 6) is 0.951. The molecule has 4 nitrogen and oxygen atoms in total. The molecule has 0 atom stereocenters. The molecule has 0 saturated heterocycles. The van der Waals surface area contributed by atoms with Crippen LogP contribution in [0.1, 0.15) is 23.9 Å². The number of anilines is 2. The summed E-state index contributed by atoms with van der Waals surface area (Å²) in [7, 11) is 0. The SMILES string of the molecule is CCc1c(C)nc2c(-c3ccccc3)c(C)nn2c1Nc1ccc(Cl)cc1. The Morgan fingerprint density at radius 2 is 1.67 bits per heavy atom. The minimum Gasteiger partial charge on any atom is -0.340 e. The molecule has 0 fully saturated rings. The van der Waals surface area contributed by atoms with Gasteiger partial charge in [-0.25, -0.2) is 4.98 Å². The van der Waals surface area contributed by atoms with E-state index in [2.05, 4.69) is 31.3 Å². The lowest BCUT2D eigenvalue weighted by molar-refractivity contribution is 0.890. The van der Waals surface area contributed by atoms with E-state index in [1.165, 1.54) is 0 Å². The van der Waals surface area contributed by atoms with Crippen molar-refractivity contribution in [2.24, 2.45) is 0 Å². The Balaban J connectivity index is 1.95. The summed E-state index contributed by atoms with van der Waals surface area (Å²) in [6, 6.07) is 18.0. The highest BCUT2D eigenvalue weighted by Crippen LogP contribution is 2.32. The van der Waals surface area contributed by atoms with Crippen molar-refractivity contribution in [2.75, 3.05) is 5.32 Å². The van der Waals surface area contributed by atoms with Crippen LogP contribution in [-0.2, 0) is 6.42 Å². The van der Waals surface area contributed by atoms with Crippen LogP contribution in [0.25, 0.3) is 16.8 Å². The molecule has 0 bridgehead atoms. The summed E-state index contributed by atoms with van der Waals surface area (Å²) < 4.78 is 1.93. The van der Waals surface area contributed by atoms with E-state index in [0.29, 0.717) is 5.02 Å². The van der Waals surface area contributed by atoms with Gasteiger partial charge < -0.3 is 5.32 Å². The zero-order chi connectivity index (χ0) is 19.0. The lowest BCUT2D eigenvalue weighted by atomic mass is 10.1. The van der Waals surface area contributed by atoms with Gasteiger partial charge in [-0.1, -0.05) is 48.9 Å². The first-order valence-corrected chi connectivity index (χ1v) is 9.43. The highest BCUT2D eigenvalue weighted by molar-refractivity contribution is 6.30. The number of halogens is 1. The number of aryl methyl sites for hydroxylation is 2. The summed E-state index contributed by atoms with van der Waals surface area (Å²) in [6.07, 6.45) is 0.865. The third-order valence-corrected chi connectivity index (χ3v) is 5.02. The number of nitrogens with zero attached hydrogens (tertiary/aromatic N) is 3. The molecule has 27 heavy (non-hydrogen) atoms. The van der Waals surface area contributed by atoms with Crippen LogP contribution in [0.15, 0.2) is 54.6 Å². The molecule has 2 heterocycles. The maximum atomic E-state index is 6.03. The molecule has 0 amide bonds. The molecule has 2 aromatic carbocycles. The van der Waals surface area contributed by atoms with Crippen molar-refractivity contribution in [1.29, 1.82) is 0 Å². The Bertz CT molecular complexity index is 1100. The third-order valence-electron chi connectivity index (χ3n) is 4.77. The monoisotopic (exact) mass is 376 g/mol. The molecule has 0 radical (unpaired) electrons. The smallest absolute Gasteiger partial charge is 0.165 e. The number of benzene rings is 2. The van der Waals surface area contributed by atoms with Gasteiger partial charge in [0.2, 0.25) is 0 Å². The number of nitrogens with one attached hydrogen (secondary N) is 1. The van der Waals surface area contributed by atoms with Gasteiger partial charge in [-0.3, -0.25) is 0 Å². The molecule has 0 unspecified atom stereocenters. The molecule has 0 spiro atoms. The van der Waals surface area contributed by atoms with Gasteiger partial charge in [0, 0.05) is 27.5 Å². The first-order valence-electron chi connectivity index (χ1n) is 9.05. The predicted molar refractivity (Wildman–Crippen MR) is 112 cm³/mol. The fourth-order valence-corrected chi connectivity index (χ4v) is 3.59. The van der Waals surface area contributed by atoms with Gasteiger partial charge in [-0.2, -0.15) is 9.61 Å². The van der Waals surface area contributed by atoms with E-state index in [1.54, 1.807) is 0 Å². The summed E-state index contributed by atoms with van der Waals surface area (Å²) >= 11 is 6.03. The van der Waals surface area contributed by atoms with Gasteiger partial charge in [0.05, 0.1) is 5.69 Å². The zero-order valence-electron chi connectivity index (χ0n) is 15.6. The fourth-order valence-electron chi connectivity index (χ4n) is 3.46. The lowest BCUT2D eigenvalue weighted by Crippen LogP contribution is -2.08. The van der Waals surface area contributed by atoms with E-state index in [9.17, 15) is 0 Å². The van der Waals surface area contributed by atoms with Gasteiger partial charge in [0.15, 0.2) is 5.65 Å². The van der Waals surface area contributed by atoms with Crippen molar-refractivity contribution in [3.05, 3.63) is 76.6 Å². The molecule has 1 N–H and O–H groups in total. The topological polar surface area (TPSA) is 42.2 Å². The van der Waals surface area contributed by atoms with Crippen LogP contribution in [0.4, 0.5) is 11.5 Å². The summed E-state index contributed by atoms with van der Waals surface area (Å²) in [5.41, 5.74) is 7.15. The van der Waals surface area contributed by atoms with E-state index in [4.69, 9.17) is 21.7 Å². The molecule has 2 aromatic heterocycles. The van der Waals surface area contributed by atoms with Gasteiger partial charge >= 0.3 is 0 Å². The number of fused-ring (bicyclic) bond motifs is 1. The third kappa shape index (κ3) is 3.17. The quantitative estimate of drug-likeness (QED) is 0.477. The minimum atomic E-state index is 0.716. The van der Waals surface area contributed by atoms with Crippen LogP contribution >= 0.6 is 11.6 Å². The highest BCUT2D eigenvalue weighted by Gasteiger charge is 2.19. The van der Waals surface area contributed by atoms with Crippen LogP contribution < -0.4 is 5.32 Å². The molecule has 0 aliphatic carbocycles. The van der Waals surface area contributed by atoms with Crippen molar-refractivity contribution in [3.8, 4) is 11.1 Å². The van der Waals surface area contributed by atoms with E-state index in [1.807, 2.05) is 53.9 Å². The second kappa shape index (κ2) is 7.05. The molecule has 4 aromatic rings. The largest absolute Gasteiger partial charge is 0.340 e. The van der Waals surface area contributed by atoms with Gasteiger partial charge in [-0.15, -0.1) is 0 Å². The molecule has 0 aliphatic rings. The van der Waals surface area contributed by atoms with Crippen molar-refractivity contribution in [1.82, 2.24) is 14.6 Å². The number of hydrogen-bond acceptors (Lipinski definition) is 3. The van der Waals surface area contributed by atoms with E-state index < -0.39 is 0 Å². The average Bonchev–Trinajstić information content (AvgIpc) is 3.00. The zero-order valence-corrected chi connectivity index (χ0v) is 16.4. The normalized spacial score (nSPS) is 11.1. The summed E-state index contributed by atoms with van der Waals surface area (Å²) in [6.45, 7) is 6.23. The average molecular weight is 377 g/mol. The van der Waals surface area contributed by atoms with Crippen LogP contribution in [0, 0.1) is 13.8 Å². The Morgan fingerprint density at radius 1 is 0.963 bits per heavy atom. The first-order chi connectivity index (χ1) is 13.1. The van der Waals surface area contributed by atoms with Crippen LogP contribution in [-0.4, -0.2) is 14.6 Å². The molecule has 4 rings (SSSR count). The Morgan fingerprint density at radius 3 is 2.33 bits per heavy atom. The molecule has 136 valence electrons. The molecular formula is C22H21ClN4. The van der Waals surface area contributed by atoms with Gasteiger partial charge in [-0.05, 0) is 50.1 Å². The standard InChI is InChI=1S/C22H21ClN4/c1-4-19-14(2)24-22-20(16-8-6-5-7-9-16)15(3)26-27(22)21(19)25-18-12-10-17(23)11-13-18/h5-13,25H,4H2,1-3H3. The summed E-state index contributed by atoms with van der Waals surface area (Å²) in [4.78, 5) is 4.90. The number of rotatable bonds is 4. The van der Waals surface area contributed by atoms with Crippen molar-refractivity contribution >= 4 is 28.8 Å². The molecular weight excluding hydrogens is 356 g/mol. The van der Waals surface area contributed by atoms with E-state index in [-0.39, 0.29) is 0 Å². The fraction of sp³-hybridized carbons (Fsp3) is 0.182. The first kappa shape index (κ1) is 17.6. The van der Waals surface area contributed by atoms with Crippen LogP contribution in [0.5, 0.6) is 0 Å². The van der Waals surface area contributed by atoms with Crippen molar-refractivity contribution in [2.45, 2.75) is 27.2 Å². The highest BCUT2D eigenvalue weighted by atomic mass is 35.5. The molecule has 5 heteroatoms. The Kier molecular flexibility index (Phi) is 4.58. The second-order valence-electron chi connectivity index (χ2n) is 6.57. The van der Waals surface area contributed by atoms with E-state index >= 15 is 0 Å². The summed E-state index contributed by atoms with van der Waals surface area (Å²) in [5, 5.41) is 9.06. The second-order valence-corrected chi connectivity index (χ2v) is 7.01. The predicted octanol–water partition coefficient (Wildman–Crippen LogP) is 5.97. The molecule has 0 aliphatic heterocycles. The van der Waals surface area contributed by atoms with Crippen molar-refractivity contribution < 1.29 is 0 Å². The lowest BCUT2D eigenvalue weighted by Gasteiger charge is -2.15. The Hall–Kier alpha value is -2.85. The molecule has 0 saturated carbocycles. The van der Waals surface area contributed by atoms with Crippen LogP contribution in [0.2, 0.25) is 5.02 Å². The Labute approximate surface area is 163 Å². The maximum Gasteiger partial charge on any atom is 0.165 e. The number of hydrogen-bond donors (Lipinski definition) is 1. The van der Waals surface area contributed by atoms with Gasteiger partial charge in [0.1, 0.15) is 5.82 Å². The van der Waals surface area contributed by atoms with Crippen LogP contribution in [0.3, 0.4) is 0 Å². The van der Waals surface area contributed by atoms with E-state index in [0.717, 1.165) is 51.7 Å². The minimum absolute atomic E-state index is 0.716. The number of aromatic nitrogens is 3. The van der Waals surface area contributed by atoms with Gasteiger partial charge in [0.25, 0.3) is 0 Å². The van der Waals surface area contributed by atoms with Crippen molar-refractivity contribution in [3.63, 3.8) is 0 Å².